The lowest BCUT2D eigenvalue weighted by Gasteiger charge is -2.43. The van der Waals surface area contributed by atoms with Crippen LogP contribution in [-0.4, -0.2) is 28.9 Å². The van der Waals surface area contributed by atoms with Crippen molar-refractivity contribution in [2.45, 2.75) is 69.9 Å². The maximum absolute atomic E-state index is 14.3. The second-order valence-corrected chi connectivity index (χ2v) is 11.7. The summed E-state index contributed by atoms with van der Waals surface area (Å²) in [5, 5.41) is 12.2. The lowest BCUT2D eigenvalue weighted by Crippen LogP contribution is -2.62. The molecule has 4 rings (SSSR count). The summed E-state index contributed by atoms with van der Waals surface area (Å²) in [7, 11) is 0. The smallest absolute Gasteiger partial charge is 0.315 e. The maximum Gasteiger partial charge on any atom is 0.315 e. The SMILES string of the molecule is CC(C)C(C#N)(CCCCC(=O)[N@@+]1(C(c2ccccc2)c2ccccc2)CCCC1C(N)=O)c1cccs1. The van der Waals surface area contributed by atoms with E-state index in [4.69, 9.17) is 5.73 Å². The molecule has 1 saturated heterocycles. The van der Waals surface area contributed by atoms with Crippen LogP contribution in [0.5, 0.6) is 0 Å². The fraction of sp³-hybridized carbons (Fsp3) is 0.406. The number of nitrogens with two attached hydrogens (primary N) is 1. The van der Waals surface area contributed by atoms with Crippen molar-refractivity contribution in [2.75, 3.05) is 6.54 Å². The van der Waals surface area contributed by atoms with Crippen molar-refractivity contribution in [1.82, 2.24) is 0 Å². The molecule has 198 valence electrons. The van der Waals surface area contributed by atoms with Crippen LogP contribution < -0.4 is 5.73 Å². The number of hydrogen-bond donors (Lipinski definition) is 1. The van der Waals surface area contributed by atoms with Crippen LogP contribution in [-0.2, 0) is 15.0 Å². The van der Waals surface area contributed by atoms with Crippen LogP contribution in [0.3, 0.4) is 0 Å². The molecule has 2 amide bonds. The number of nitrogens with zero attached hydrogens (tertiary/aromatic N) is 2. The Bertz CT molecular complexity index is 1210. The summed E-state index contributed by atoms with van der Waals surface area (Å²) in [5.74, 6) is -0.181. The molecule has 3 aromatic rings. The molecule has 0 saturated carbocycles. The predicted molar refractivity (Wildman–Crippen MR) is 152 cm³/mol. The van der Waals surface area contributed by atoms with E-state index in [1.54, 1.807) is 11.3 Å². The van der Waals surface area contributed by atoms with Crippen molar-refractivity contribution in [3.63, 3.8) is 0 Å². The normalized spacial score (nSPS) is 20.8. The Hall–Kier alpha value is -3.27. The summed E-state index contributed by atoms with van der Waals surface area (Å²) < 4.78 is 0.0435. The number of carbonyl (C=O) groups is 2. The molecule has 2 unspecified atom stereocenters. The number of benzene rings is 2. The largest absolute Gasteiger partial charge is 0.364 e. The van der Waals surface area contributed by atoms with E-state index in [0.717, 1.165) is 28.8 Å². The van der Waals surface area contributed by atoms with Crippen LogP contribution in [0, 0.1) is 17.2 Å². The van der Waals surface area contributed by atoms with Gasteiger partial charge in [0.2, 0.25) is 0 Å². The quantitative estimate of drug-likeness (QED) is 0.228. The lowest BCUT2D eigenvalue weighted by atomic mass is 9.73. The summed E-state index contributed by atoms with van der Waals surface area (Å²) >= 11 is 1.63. The van der Waals surface area contributed by atoms with Crippen LogP contribution in [0.15, 0.2) is 78.2 Å². The summed E-state index contributed by atoms with van der Waals surface area (Å²) in [6.07, 6.45) is 3.87. The number of nitriles is 1. The molecular weight excluding hydrogens is 490 g/mol. The first kappa shape index (κ1) is 27.8. The molecule has 1 aromatic heterocycles. The Kier molecular flexibility index (Phi) is 8.81. The van der Waals surface area contributed by atoms with Gasteiger partial charge < -0.3 is 5.73 Å². The summed E-state index contributed by atoms with van der Waals surface area (Å²) in [6, 6.07) is 25.9. The van der Waals surface area contributed by atoms with E-state index in [1.807, 2.05) is 78.2 Å². The van der Waals surface area contributed by atoms with Gasteiger partial charge in [-0.1, -0.05) is 87.0 Å². The van der Waals surface area contributed by atoms with Crippen molar-refractivity contribution in [3.8, 4) is 6.07 Å². The van der Waals surface area contributed by atoms with Crippen LogP contribution in [0.25, 0.3) is 0 Å². The third-order valence-electron chi connectivity index (χ3n) is 8.40. The number of rotatable bonds is 11. The number of amides is 2. The van der Waals surface area contributed by atoms with Gasteiger partial charge in [-0.25, -0.2) is 9.28 Å². The monoisotopic (exact) mass is 528 g/mol. The molecule has 0 spiro atoms. The number of unbranched alkanes of at least 4 members (excludes halogenated alkanes) is 1. The van der Waals surface area contributed by atoms with Gasteiger partial charge in [0.25, 0.3) is 5.91 Å². The zero-order valence-electron chi connectivity index (χ0n) is 22.4. The van der Waals surface area contributed by atoms with Crippen molar-refractivity contribution in [2.24, 2.45) is 11.7 Å². The van der Waals surface area contributed by atoms with Gasteiger partial charge in [0.05, 0.1) is 24.4 Å². The van der Waals surface area contributed by atoms with Crippen molar-refractivity contribution >= 4 is 23.2 Å². The Morgan fingerprint density at radius 1 is 1.03 bits per heavy atom. The standard InChI is InChI=1S/C32H37N3O2S/c1-24(2)32(23-33,28-18-12-22-38-28)20-10-9-19-29(36)35(21-11-17-27(35)31(34)37)30(25-13-5-3-6-14-25)26-15-7-4-8-16-26/h3-8,12-16,18,22,24,27,30H,9-11,17,19-21H2,1-2H3,(H-,34,37)/p+1/t27?,32?,35-/m1/s1. The highest BCUT2D eigenvalue weighted by atomic mass is 32.1. The van der Waals surface area contributed by atoms with E-state index in [9.17, 15) is 14.9 Å². The van der Waals surface area contributed by atoms with E-state index >= 15 is 0 Å². The van der Waals surface area contributed by atoms with E-state index in [0.29, 0.717) is 32.2 Å². The van der Waals surface area contributed by atoms with Crippen LogP contribution in [0.2, 0.25) is 0 Å². The Balaban J connectivity index is 1.63. The molecule has 1 aliphatic heterocycles. The molecule has 1 aliphatic rings. The molecule has 6 heteroatoms. The molecule has 1 fully saturated rings. The maximum atomic E-state index is 14.3. The second kappa shape index (κ2) is 12.1. The van der Waals surface area contributed by atoms with Gasteiger partial charge >= 0.3 is 5.91 Å². The number of primary amides is 1. The summed E-state index contributed by atoms with van der Waals surface area (Å²) in [6.45, 7) is 4.78. The zero-order chi connectivity index (χ0) is 27.2. The molecule has 38 heavy (non-hydrogen) atoms. The lowest BCUT2D eigenvalue weighted by molar-refractivity contribution is -0.882. The van der Waals surface area contributed by atoms with E-state index in [2.05, 4.69) is 19.9 Å². The topological polar surface area (TPSA) is 83.9 Å². The van der Waals surface area contributed by atoms with E-state index in [1.165, 1.54) is 0 Å². The third-order valence-corrected chi connectivity index (χ3v) is 9.45. The van der Waals surface area contributed by atoms with Gasteiger partial charge in [-0.3, -0.25) is 4.79 Å². The van der Waals surface area contributed by atoms with E-state index < -0.39 is 17.4 Å². The molecule has 2 heterocycles. The van der Waals surface area contributed by atoms with Crippen molar-refractivity contribution in [1.29, 1.82) is 5.26 Å². The summed E-state index contributed by atoms with van der Waals surface area (Å²) in [5.41, 5.74) is 7.46. The zero-order valence-corrected chi connectivity index (χ0v) is 23.2. The van der Waals surface area contributed by atoms with Crippen LogP contribution in [0.4, 0.5) is 0 Å². The number of hydrogen-bond acceptors (Lipinski definition) is 4. The van der Waals surface area contributed by atoms with Gasteiger partial charge in [-0.05, 0) is 30.2 Å². The van der Waals surface area contributed by atoms with Gasteiger partial charge in [0.15, 0.2) is 6.04 Å². The number of likely N-dealkylation sites (tertiary alicyclic amines) is 1. The number of carbonyl (C=O) groups excluding carboxylic acids is 2. The van der Waals surface area contributed by atoms with Gasteiger partial charge in [0, 0.05) is 28.8 Å². The highest BCUT2D eigenvalue weighted by Crippen LogP contribution is 2.44. The molecule has 0 radical (unpaired) electrons. The molecule has 0 aliphatic carbocycles. The highest BCUT2D eigenvalue weighted by Gasteiger charge is 2.56. The van der Waals surface area contributed by atoms with Gasteiger partial charge in [-0.2, -0.15) is 5.26 Å². The van der Waals surface area contributed by atoms with Crippen LogP contribution in [0.1, 0.15) is 74.4 Å². The Labute approximate surface area is 230 Å². The first-order valence-electron chi connectivity index (χ1n) is 13.6. The van der Waals surface area contributed by atoms with Crippen molar-refractivity contribution in [3.05, 3.63) is 94.2 Å². The molecule has 3 atom stereocenters. The molecule has 2 aromatic carbocycles. The highest BCUT2D eigenvalue weighted by molar-refractivity contribution is 7.10. The number of quaternary nitrogens is 1. The second-order valence-electron chi connectivity index (χ2n) is 10.8. The molecule has 5 nitrogen and oxygen atoms in total. The fourth-order valence-corrected chi connectivity index (χ4v) is 7.46. The molecular formula is C32H38N3O2S+. The minimum absolute atomic E-state index is 0.0435. The summed E-state index contributed by atoms with van der Waals surface area (Å²) in [4.78, 5) is 28.2. The minimum Gasteiger partial charge on any atom is -0.364 e. The number of thiophene rings is 1. The van der Waals surface area contributed by atoms with Gasteiger partial charge in [-0.15, -0.1) is 11.3 Å². The van der Waals surface area contributed by atoms with Crippen LogP contribution >= 0.6 is 11.3 Å². The molecule has 0 bridgehead atoms. The van der Waals surface area contributed by atoms with Gasteiger partial charge in [0.1, 0.15) is 6.04 Å². The Morgan fingerprint density at radius 2 is 1.66 bits per heavy atom. The average Bonchev–Trinajstić information content (AvgIpc) is 3.62. The fourth-order valence-electron chi connectivity index (χ4n) is 6.41. The molecule has 2 N–H and O–H groups in total. The first-order valence-corrected chi connectivity index (χ1v) is 14.5. The third kappa shape index (κ3) is 5.18. The van der Waals surface area contributed by atoms with E-state index in [-0.39, 0.29) is 22.3 Å². The minimum atomic E-state index is -0.562. The first-order chi connectivity index (χ1) is 18.4. The Morgan fingerprint density at radius 3 is 2.16 bits per heavy atom. The van der Waals surface area contributed by atoms with Crippen molar-refractivity contribution < 1.29 is 14.1 Å². The average molecular weight is 529 g/mol. The predicted octanol–water partition coefficient (Wildman–Crippen LogP) is 6.51.